The molecule has 0 aromatic heterocycles. The van der Waals surface area contributed by atoms with E-state index in [0.29, 0.717) is 12.0 Å². The molecular weight excluding hydrogens is 614 g/mol. The molecule has 2 aliphatic heterocycles. The lowest BCUT2D eigenvalue weighted by molar-refractivity contribution is -0.137. The highest BCUT2D eigenvalue weighted by Gasteiger charge is 2.48. The Morgan fingerprint density at radius 3 is 2.04 bits per heavy atom. The first-order valence-electron chi connectivity index (χ1n) is 16.7. The van der Waals surface area contributed by atoms with Crippen molar-refractivity contribution in [3.8, 4) is 0 Å². The quantitative estimate of drug-likeness (QED) is 0.149. The Morgan fingerprint density at radius 2 is 1.42 bits per heavy atom. The van der Waals surface area contributed by atoms with Crippen molar-refractivity contribution in [1.82, 2.24) is 10.2 Å². The number of piperidine rings is 2. The average molecular weight is 653 g/mol. The number of carbonyl (C=O) groups is 5. The molecule has 2 amide bonds. The van der Waals surface area contributed by atoms with Gasteiger partial charge in [0, 0.05) is 43.5 Å². The maximum atomic E-state index is 13.6. The monoisotopic (exact) mass is 652 g/mol. The van der Waals surface area contributed by atoms with Crippen LogP contribution >= 0.6 is 0 Å². The summed E-state index contributed by atoms with van der Waals surface area (Å²) in [4.78, 5) is 65.9. The second-order valence-corrected chi connectivity index (χ2v) is 13.0. The summed E-state index contributed by atoms with van der Waals surface area (Å²) in [6, 6.07) is 17.8. The second kappa shape index (κ2) is 14.6. The summed E-state index contributed by atoms with van der Waals surface area (Å²) in [5, 5.41) is 2.23. The Kier molecular flexibility index (Phi) is 10.2. The standard InChI is InChI=1S/C39H38F2N2O5/c40-28-12-8-24(9-13-28)34(25-10-14-29(41)15-11-25)26-18-21-43(22-19-26)20-3-1-2-6-30(44)23-27-5-4-7-31-35(27)38(47)36(37(31)46)32-16-17-33(45)42-39(32)48/h4-5,7-15,32,36H,1-3,6,16-23H2,(H,42,45,48). The Labute approximate surface area is 278 Å². The van der Waals surface area contributed by atoms with Crippen LogP contribution in [0, 0.1) is 23.5 Å². The van der Waals surface area contributed by atoms with Gasteiger partial charge in [-0.3, -0.25) is 29.3 Å². The number of rotatable bonds is 11. The Bertz CT molecular complexity index is 1720. The highest BCUT2D eigenvalue weighted by molar-refractivity contribution is 6.28. The fourth-order valence-corrected chi connectivity index (χ4v) is 7.32. The largest absolute Gasteiger partial charge is 0.303 e. The van der Waals surface area contributed by atoms with E-state index in [0.717, 1.165) is 68.4 Å². The van der Waals surface area contributed by atoms with Gasteiger partial charge in [-0.25, -0.2) is 8.78 Å². The van der Waals surface area contributed by atoms with E-state index in [2.05, 4.69) is 10.2 Å². The number of hydrogen-bond donors (Lipinski definition) is 1. The van der Waals surface area contributed by atoms with Crippen molar-refractivity contribution in [1.29, 1.82) is 0 Å². The molecule has 2 heterocycles. The van der Waals surface area contributed by atoms with Crippen LogP contribution in [0.25, 0.3) is 5.57 Å². The summed E-state index contributed by atoms with van der Waals surface area (Å²) in [5.74, 6) is -4.48. The van der Waals surface area contributed by atoms with Gasteiger partial charge in [0.2, 0.25) is 11.8 Å². The molecule has 0 spiro atoms. The van der Waals surface area contributed by atoms with Crippen LogP contribution in [0.2, 0.25) is 0 Å². The van der Waals surface area contributed by atoms with Crippen LogP contribution in [0.4, 0.5) is 8.78 Å². The smallest absolute Gasteiger partial charge is 0.230 e. The van der Waals surface area contributed by atoms with Gasteiger partial charge < -0.3 is 4.90 Å². The Balaban J connectivity index is 0.984. The molecule has 2 atom stereocenters. The van der Waals surface area contributed by atoms with Gasteiger partial charge in [-0.15, -0.1) is 0 Å². The SMILES string of the molecule is O=C(CCCCCN1CCC(=C(c2ccc(F)cc2)c2ccc(F)cc2)CC1)Cc1cccc2c1C(=O)C(C1CCC(=O)NC1=O)C2=O. The molecule has 3 aromatic rings. The van der Waals surface area contributed by atoms with E-state index in [1.54, 1.807) is 42.5 Å². The maximum Gasteiger partial charge on any atom is 0.230 e. The molecule has 1 aliphatic carbocycles. The minimum absolute atomic E-state index is 0.00466. The zero-order valence-corrected chi connectivity index (χ0v) is 26.7. The van der Waals surface area contributed by atoms with Crippen molar-refractivity contribution in [2.75, 3.05) is 19.6 Å². The zero-order chi connectivity index (χ0) is 33.8. The predicted molar refractivity (Wildman–Crippen MR) is 176 cm³/mol. The fraction of sp³-hybridized carbons (Fsp3) is 0.359. The lowest BCUT2D eigenvalue weighted by Gasteiger charge is -2.30. The van der Waals surface area contributed by atoms with Gasteiger partial charge in [0.25, 0.3) is 0 Å². The van der Waals surface area contributed by atoms with Crippen molar-refractivity contribution in [3.05, 3.63) is 112 Å². The van der Waals surface area contributed by atoms with E-state index in [4.69, 9.17) is 0 Å². The molecule has 3 aromatic carbocycles. The number of nitrogens with one attached hydrogen (secondary N) is 1. The lowest BCUT2D eigenvalue weighted by atomic mass is 9.82. The van der Waals surface area contributed by atoms with Crippen LogP contribution < -0.4 is 5.32 Å². The van der Waals surface area contributed by atoms with Crippen LogP contribution in [-0.2, 0) is 20.8 Å². The number of likely N-dealkylation sites (tertiary alicyclic amines) is 1. The van der Waals surface area contributed by atoms with E-state index in [-0.39, 0.29) is 47.8 Å². The highest BCUT2D eigenvalue weighted by atomic mass is 19.1. The second-order valence-electron chi connectivity index (χ2n) is 13.0. The van der Waals surface area contributed by atoms with Gasteiger partial charge in [-0.2, -0.15) is 0 Å². The third-order valence-electron chi connectivity index (χ3n) is 9.81. The number of benzene rings is 3. The number of Topliss-reactive ketones (excluding diaryl/α,β-unsaturated/α-hetero) is 3. The zero-order valence-electron chi connectivity index (χ0n) is 26.7. The number of hydrogen-bond acceptors (Lipinski definition) is 6. The summed E-state index contributed by atoms with van der Waals surface area (Å²) in [7, 11) is 0. The van der Waals surface area contributed by atoms with Gasteiger partial charge in [0.15, 0.2) is 11.6 Å². The van der Waals surface area contributed by atoms with E-state index in [1.807, 2.05) is 0 Å². The number of halogens is 2. The predicted octanol–water partition coefficient (Wildman–Crippen LogP) is 6.28. The van der Waals surface area contributed by atoms with Crippen molar-refractivity contribution in [3.63, 3.8) is 0 Å². The van der Waals surface area contributed by atoms with Gasteiger partial charge >= 0.3 is 0 Å². The molecular formula is C39H38F2N2O5. The normalized spacial score (nSPS) is 19.8. The molecule has 48 heavy (non-hydrogen) atoms. The Morgan fingerprint density at radius 1 is 0.771 bits per heavy atom. The summed E-state index contributed by atoms with van der Waals surface area (Å²) >= 11 is 0. The molecule has 7 nitrogen and oxygen atoms in total. The van der Waals surface area contributed by atoms with Crippen LogP contribution in [0.5, 0.6) is 0 Å². The van der Waals surface area contributed by atoms with Crippen LogP contribution in [0.1, 0.15) is 88.8 Å². The van der Waals surface area contributed by atoms with Crippen LogP contribution in [0.15, 0.2) is 72.3 Å². The highest BCUT2D eigenvalue weighted by Crippen LogP contribution is 2.37. The van der Waals surface area contributed by atoms with Crippen molar-refractivity contribution >= 4 is 34.7 Å². The molecule has 0 bridgehead atoms. The van der Waals surface area contributed by atoms with E-state index >= 15 is 0 Å². The fourth-order valence-electron chi connectivity index (χ4n) is 7.32. The van der Waals surface area contributed by atoms with Gasteiger partial charge in [0.05, 0.1) is 11.8 Å². The number of ketones is 3. The number of amides is 2. The van der Waals surface area contributed by atoms with E-state index in [9.17, 15) is 32.8 Å². The topological polar surface area (TPSA) is 101 Å². The number of nitrogens with zero attached hydrogens (tertiary/aromatic N) is 1. The molecule has 2 saturated heterocycles. The number of imide groups is 1. The molecule has 3 aliphatic rings. The summed E-state index contributed by atoms with van der Waals surface area (Å²) in [6.45, 7) is 2.67. The molecule has 0 saturated carbocycles. The Hall–Kier alpha value is -4.63. The molecule has 2 fully saturated rings. The molecule has 0 radical (unpaired) electrons. The van der Waals surface area contributed by atoms with Crippen LogP contribution in [0.3, 0.4) is 0 Å². The number of carbonyl (C=O) groups excluding carboxylic acids is 5. The van der Waals surface area contributed by atoms with Crippen molar-refractivity contribution in [2.24, 2.45) is 11.8 Å². The molecule has 1 N–H and O–H groups in total. The van der Waals surface area contributed by atoms with Crippen molar-refractivity contribution < 1.29 is 32.8 Å². The first-order chi connectivity index (χ1) is 23.2. The third kappa shape index (κ3) is 7.26. The van der Waals surface area contributed by atoms with Crippen molar-refractivity contribution in [2.45, 2.75) is 57.8 Å². The molecule has 6 rings (SSSR count). The maximum absolute atomic E-state index is 13.6. The third-order valence-corrected chi connectivity index (χ3v) is 9.81. The van der Waals surface area contributed by atoms with E-state index in [1.165, 1.54) is 29.8 Å². The molecule has 248 valence electrons. The first-order valence-corrected chi connectivity index (χ1v) is 16.7. The minimum Gasteiger partial charge on any atom is -0.303 e. The van der Waals surface area contributed by atoms with Gasteiger partial charge in [0.1, 0.15) is 17.4 Å². The first kappa shape index (κ1) is 33.3. The average Bonchev–Trinajstić information content (AvgIpc) is 3.33. The number of fused-ring (bicyclic) bond motifs is 1. The van der Waals surface area contributed by atoms with Gasteiger partial charge in [-0.05, 0) is 85.2 Å². The minimum atomic E-state index is -1.15. The molecule has 9 heteroatoms. The summed E-state index contributed by atoms with van der Waals surface area (Å²) in [5.41, 5.74) is 5.15. The summed E-state index contributed by atoms with van der Waals surface area (Å²) < 4.78 is 27.3. The number of unbranched alkanes of at least 4 members (excludes halogenated alkanes) is 2. The van der Waals surface area contributed by atoms with E-state index < -0.39 is 35.2 Å². The van der Waals surface area contributed by atoms with Crippen LogP contribution in [-0.4, -0.2) is 53.7 Å². The lowest BCUT2D eigenvalue weighted by Crippen LogP contribution is -2.46. The summed E-state index contributed by atoms with van der Waals surface area (Å²) in [6.07, 6.45) is 4.91. The molecule has 2 unspecified atom stereocenters. The van der Waals surface area contributed by atoms with Gasteiger partial charge in [-0.1, -0.05) is 54.5 Å².